The lowest BCUT2D eigenvalue weighted by Crippen LogP contribution is -2.18. The SMILES string of the molecule is CNC(=O)c1c(-c2ccc(F)cc2)oc2cc(NSC)c(C3CC3)cc12. The average Bonchev–Trinajstić information content (AvgIpc) is 3.42. The molecule has 1 amide bonds. The van der Waals surface area contributed by atoms with E-state index in [2.05, 4.69) is 16.1 Å². The van der Waals surface area contributed by atoms with Crippen LogP contribution in [0.4, 0.5) is 10.1 Å². The van der Waals surface area contributed by atoms with Gasteiger partial charge in [0.2, 0.25) is 0 Å². The Hall–Kier alpha value is -2.47. The van der Waals surface area contributed by atoms with E-state index < -0.39 is 0 Å². The molecule has 0 aliphatic heterocycles. The molecule has 4 nitrogen and oxygen atoms in total. The molecule has 0 saturated heterocycles. The third-order valence-corrected chi connectivity index (χ3v) is 5.07. The van der Waals surface area contributed by atoms with E-state index in [0.29, 0.717) is 28.4 Å². The van der Waals surface area contributed by atoms with Crippen molar-refractivity contribution >= 4 is 34.5 Å². The Bertz CT molecular complexity index is 978. The van der Waals surface area contributed by atoms with Crippen LogP contribution in [-0.2, 0) is 0 Å². The number of hydrogen-bond donors (Lipinski definition) is 2. The van der Waals surface area contributed by atoms with Gasteiger partial charge in [0.1, 0.15) is 17.2 Å². The molecule has 2 aromatic carbocycles. The zero-order valence-corrected chi connectivity index (χ0v) is 15.4. The van der Waals surface area contributed by atoms with E-state index in [-0.39, 0.29) is 11.7 Å². The van der Waals surface area contributed by atoms with Gasteiger partial charge in [0.05, 0.1) is 11.3 Å². The molecule has 0 atom stereocenters. The zero-order valence-electron chi connectivity index (χ0n) is 14.6. The second-order valence-corrected chi connectivity index (χ2v) is 7.02. The molecule has 0 unspecified atom stereocenters. The van der Waals surface area contributed by atoms with Gasteiger partial charge in [0.25, 0.3) is 5.91 Å². The number of nitrogens with one attached hydrogen (secondary N) is 2. The molecule has 0 spiro atoms. The number of fused-ring (bicyclic) bond motifs is 1. The molecule has 3 aromatic rings. The quantitative estimate of drug-likeness (QED) is 0.609. The van der Waals surface area contributed by atoms with Crippen LogP contribution < -0.4 is 10.0 Å². The number of amides is 1. The molecule has 1 aromatic heterocycles. The van der Waals surface area contributed by atoms with Crippen molar-refractivity contribution in [2.75, 3.05) is 18.0 Å². The highest BCUT2D eigenvalue weighted by atomic mass is 32.2. The Balaban J connectivity index is 1.96. The highest BCUT2D eigenvalue weighted by Crippen LogP contribution is 2.47. The van der Waals surface area contributed by atoms with Crippen molar-refractivity contribution in [3.05, 3.63) is 53.3 Å². The van der Waals surface area contributed by atoms with Crippen LogP contribution in [0.3, 0.4) is 0 Å². The van der Waals surface area contributed by atoms with Crippen LogP contribution in [0.1, 0.15) is 34.7 Å². The van der Waals surface area contributed by atoms with E-state index in [4.69, 9.17) is 4.42 Å². The minimum absolute atomic E-state index is 0.213. The van der Waals surface area contributed by atoms with Gasteiger partial charge < -0.3 is 14.5 Å². The minimum Gasteiger partial charge on any atom is -0.455 e. The van der Waals surface area contributed by atoms with Gasteiger partial charge in [-0.1, -0.05) is 11.9 Å². The van der Waals surface area contributed by atoms with Gasteiger partial charge in [-0.05, 0) is 54.7 Å². The molecule has 2 N–H and O–H groups in total. The molecule has 6 heteroatoms. The minimum atomic E-state index is -0.325. The fourth-order valence-corrected chi connectivity index (χ4v) is 3.64. The summed E-state index contributed by atoms with van der Waals surface area (Å²) >= 11 is 1.53. The number of halogens is 1. The lowest BCUT2D eigenvalue weighted by Gasteiger charge is -2.09. The highest BCUT2D eigenvalue weighted by molar-refractivity contribution is 7.99. The molecule has 134 valence electrons. The van der Waals surface area contributed by atoms with Crippen LogP contribution >= 0.6 is 11.9 Å². The monoisotopic (exact) mass is 370 g/mol. The van der Waals surface area contributed by atoms with E-state index >= 15 is 0 Å². The van der Waals surface area contributed by atoms with E-state index in [1.807, 2.05) is 12.3 Å². The predicted octanol–water partition coefficient (Wildman–Crippen LogP) is 5.17. The Morgan fingerprint density at radius 3 is 2.58 bits per heavy atom. The first-order valence-corrected chi connectivity index (χ1v) is 9.72. The summed E-state index contributed by atoms with van der Waals surface area (Å²) in [5.41, 5.74) is 4.04. The van der Waals surface area contributed by atoms with Crippen LogP contribution in [0.15, 0.2) is 40.8 Å². The first-order valence-electron chi connectivity index (χ1n) is 8.49. The maximum Gasteiger partial charge on any atom is 0.255 e. The molecule has 4 rings (SSSR count). The van der Waals surface area contributed by atoms with Gasteiger partial charge in [-0.2, -0.15) is 0 Å². The van der Waals surface area contributed by atoms with E-state index in [9.17, 15) is 9.18 Å². The van der Waals surface area contributed by atoms with Crippen molar-refractivity contribution in [1.29, 1.82) is 0 Å². The third-order valence-electron chi connectivity index (χ3n) is 4.65. The fraction of sp³-hybridized carbons (Fsp3) is 0.250. The number of anilines is 1. The Morgan fingerprint density at radius 2 is 1.96 bits per heavy atom. The Kier molecular flexibility index (Phi) is 4.36. The van der Waals surface area contributed by atoms with Gasteiger partial charge in [-0.15, -0.1) is 0 Å². The van der Waals surface area contributed by atoms with E-state index in [0.717, 1.165) is 23.9 Å². The van der Waals surface area contributed by atoms with Crippen molar-refractivity contribution in [3.8, 4) is 11.3 Å². The molecular formula is C20H19FN2O2S. The molecule has 26 heavy (non-hydrogen) atoms. The molecule has 1 fully saturated rings. The van der Waals surface area contributed by atoms with Gasteiger partial charge >= 0.3 is 0 Å². The van der Waals surface area contributed by atoms with Crippen LogP contribution in [0.2, 0.25) is 0 Å². The number of furan rings is 1. The Labute approximate surface area is 155 Å². The standard InChI is InChI=1S/C20H19FN2O2S/c1-22-20(24)18-15-9-14(11-3-4-11)16(23-26-2)10-17(15)25-19(18)12-5-7-13(21)8-6-12/h5-11,23H,3-4H2,1-2H3,(H,22,24). The normalized spacial score (nSPS) is 13.8. The number of rotatable bonds is 5. The fourth-order valence-electron chi connectivity index (χ4n) is 3.25. The average molecular weight is 370 g/mol. The summed E-state index contributed by atoms with van der Waals surface area (Å²) in [6.45, 7) is 0. The predicted molar refractivity (Wildman–Crippen MR) is 104 cm³/mol. The van der Waals surface area contributed by atoms with Gasteiger partial charge in [-0.25, -0.2) is 4.39 Å². The molecular weight excluding hydrogens is 351 g/mol. The maximum atomic E-state index is 13.3. The van der Waals surface area contributed by atoms with Crippen LogP contribution in [0, 0.1) is 5.82 Å². The third kappa shape index (κ3) is 2.94. The van der Waals surface area contributed by atoms with Crippen molar-refractivity contribution in [1.82, 2.24) is 5.32 Å². The highest BCUT2D eigenvalue weighted by Gasteiger charge is 2.29. The van der Waals surface area contributed by atoms with Gasteiger partial charge in [0, 0.05) is 30.3 Å². The maximum absolute atomic E-state index is 13.3. The second kappa shape index (κ2) is 6.68. The first kappa shape index (κ1) is 17.0. The number of carbonyl (C=O) groups is 1. The zero-order chi connectivity index (χ0) is 18.3. The van der Waals surface area contributed by atoms with Crippen molar-refractivity contribution in [3.63, 3.8) is 0 Å². The summed E-state index contributed by atoms with van der Waals surface area (Å²) in [5.74, 6) is 0.447. The summed E-state index contributed by atoms with van der Waals surface area (Å²) in [6, 6.07) is 10.0. The molecule has 1 aliphatic rings. The van der Waals surface area contributed by atoms with Crippen LogP contribution in [0.5, 0.6) is 0 Å². The lowest BCUT2D eigenvalue weighted by molar-refractivity contribution is 0.0964. The lowest BCUT2D eigenvalue weighted by atomic mass is 10.0. The number of hydrogen-bond acceptors (Lipinski definition) is 4. The summed E-state index contributed by atoms with van der Waals surface area (Å²) in [6.07, 6.45) is 4.29. The second-order valence-electron chi connectivity index (χ2n) is 6.41. The topological polar surface area (TPSA) is 54.3 Å². The molecule has 1 heterocycles. The first-order chi connectivity index (χ1) is 12.6. The van der Waals surface area contributed by atoms with Crippen molar-refractivity contribution in [2.45, 2.75) is 18.8 Å². The van der Waals surface area contributed by atoms with Crippen LogP contribution in [-0.4, -0.2) is 19.2 Å². The largest absolute Gasteiger partial charge is 0.455 e. The van der Waals surface area contributed by atoms with Gasteiger partial charge in [-0.3, -0.25) is 4.79 Å². The molecule has 1 aliphatic carbocycles. The summed E-state index contributed by atoms with van der Waals surface area (Å²) in [5, 5.41) is 3.48. The van der Waals surface area contributed by atoms with E-state index in [1.54, 1.807) is 19.2 Å². The number of benzene rings is 2. The molecule has 0 radical (unpaired) electrons. The Morgan fingerprint density at radius 1 is 1.23 bits per heavy atom. The van der Waals surface area contributed by atoms with Crippen LogP contribution in [0.25, 0.3) is 22.3 Å². The van der Waals surface area contributed by atoms with E-state index in [1.165, 1.54) is 29.6 Å². The molecule has 0 bridgehead atoms. The van der Waals surface area contributed by atoms with Crippen molar-refractivity contribution < 1.29 is 13.6 Å². The van der Waals surface area contributed by atoms with Gasteiger partial charge in [0.15, 0.2) is 0 Å². The number of carbonyl (C=O) groups excluding carboxylic acids is 1. The molecule has 1 saturated carbocycles. The smallest absolute Gasteiger partial charge is 0.255 e. The summed E-state index contributed by atoms with van der Waals surface area (Å²) in [4.78, 5) is 12.6. The van der Waals surface area contributed by atoms with Crippen molar-refractivity contribution in [2.24, 2.45) is 0 Å². The summed E-state index contributed by atoms with van der Waals surface area (Å²) < 4.78 is 22.7. The summed E-state index contributed by atoms with van der Waals surface area (Å²) in [7, 11) is 1.60.